The molecule has 1 aliphatic heterocycles. The lowest BCUT2D eigenvalue weighted by Gasteiger charge is -2.19. The van der Waals surface area contributed by atoms with Crippen molar-refractivity contribution in [3.63, 3.8) is 0 Å². The smallest absolute Gasteiger partial charge is 0.131 e. The lowest BCUT2D eigenvalue weighted by Crippen LogP contribution is -2.20. The predicted molar refractivity (Wildman–Crippen MR) is 63.2 cm³/mol. The minimum Gasteiger partial charge on any atom is -0.356 e. The van der Waals surface area contributed by atoms with Crippen LogP contribution in [-0.4, -0.2) is 25.1 Å². The Morgan fingerprint density at radius 1 is 1.40 bits per heavy atom. The largest absolute Gasteiger partial charge is 0.356 e. The maximum Gasteiger partial charge on any atom is 0.131 e. The van der Waals surface area contributed by atoms with E-state index >= 15 is 0 Å². The van der Waals surface area contributed by atoms with Crippen LogP contribution in [-0.2, 0) is 6.54 Å². The summed E-state index contributed by atoms with van der Waals surface area (Å²) in [4.78, 5) is 6.95. The number of anilines is 1. The highest BCUT2D eigenvalue weighted by molar-refractivity contribution is 5.47. The fraction of sp³-hybridized carbons (Fsp3) is 0.583. The molecule has 0 aliphatic carbocycles. The average molecular weight is 205 g/mol. The zero-order chi connectivity index (χ0) is 10.7. The van der Waals surface area contributed by atoms with Gasteiger partial charge in [-0.25, -0.2) is 4.98 Å². The molecule has 2 heterocycles. The molecule has 0 unspecified atom stereocenters. The van der Waals surface area contributed by atoms with Gasteiger partial charge in [-0.1, -0.05) is 0 Å². The number of pyridine rings is 1. The van der Waals surface area contributed by atoms with Crippen LogP contribution in [0.25, 0.3) is 0 Å². The Labute approximate surface area is 91.5 Å². The second kappa shape index (κ2) is 4.62. The van der Waals surface area contributed by atoms with E-state index in [0.29, 0.717) is 0 Å². The first-order chi connectivity index (χ1) is 7.31. The summed E-state index contributed by atoms with van der Waals surface area (Å²) in [5, 5.41) is 3.15. The lowest BCUT2D eigenvalue weighted by atomic mass is 10.2. The summed E-state index contributed by atoms with van der Waals surface area (Å²) in [5.74, 6) is 1.17. The minimum atomic E-state index is 0.897. The summed E-state index contributed by atoms with van der Waals surface area (Å²) in [6.45, 7) is 5.38. The van der Waals surface area contributed by atoms with E-state index in [1.165, 1.54) is 42.9 Å². The van der Waals surface area contributed by atoms with E-state index in [1.54, 1.807) is 0 Å². The first-order valence-electron chi connectivity index (χ1n) is 5.66. The average Bonchev–Trinajstić information content (AvgIpc) is 2.71. The van der Waals surface area contributed by atoms with E-state index in [-0.39, 0.29) is 0 Å². The van der Waals surface area contributed by atoms with Crippen molar-refractivity contribution >= 4 is 5.82 Å². The number of nitrogens with zero attached hydrogens (tertiary/aromatic N) is 2. The Morgan fingerprint density at radius 2 is 2.13 bits per heavy atom. The fourth-order valence-corrected chi connectivity index (χ4v) is 2.19. The number of hydrogen-bond acceptors (Lipinski definition) is 3. The van der Waals surface area contributed by atoms with Crippen LogP contribution in [0, 0.1) is 6.92 Å². The van der Waals surface area contributed by atoms with Crippen LogP contribution in [0.2, 0.25) is 0 Å². The normalized spacial score (nSPS) is 16.0. The van der Waals surface area contributed by atoms with Crippen LogP contribution in [0.15, 0.2) is 12.3 Å². The van der Waals surface area contributed by atoms with E-state index in [9.17, 15) is 0 Å². The summed E-state index contributed by atoms with van der Waals surface area (Å²) in [5.41, 5.74) is 2.56. The number of aromatic nitrogens is 1. The van der Waals surface area contributed by atoms with Crippen LogP contribution in [0.5, 0.6) is 0 Å². The molecule has 15 heavy (non-hydrogen) atoms. The number of nitrogens with one attached hydrogen (secondary N) is 1. The summed E-state index contributed by atoms with van der Waals surface area (Å²) >= 11 is 0. The highest BCUT2D eigenvalue weighted by atomic mass is 15.2. The number of hydrogen-bond donors (Lipinski definition) is 1. The molecule has 3 heteroatoms. The summed E-state index contributed by atoms with van der Waals surface area (Å²) in [6, 6.07) is 2.23. The van der Waals surface area contributed by atoms with Gasteiger partial charge < -0.3 is 10.2 Å². The Hall–Kier alpha value is -1.09. The minimum absolute atomic E-state index is 0.897. The van der Waals surface area contributed by atoms with Crippen molar-refractivity contribution < 1.29 is 0 Å². The Kier molecular flexibility index (Phi) is 3.21. The molecule has 0 atom stereocenters. The molecule has 1 aliphatic rings. The second-order valence-corrected chi connectivity index (χ2v) is 4.21. The van der Waals surface area contributed by atoms with Gasteiger partial charge in [0.25, 0.3) is 0 Å². The quantitative estimate of drug-likeness (QED) is 0.814. The monoisotopic (exact) mass is 205 g/mol. The van der Waals surface area contributed by atoms with Gasteiger partial charge in [-0.05, 0) is 44.0 Å². The van der Waals surface area contributed by atoms with Crippen molar-refractivity contribution in [2.75, 3.05) is 25.0 Å². The van der Waals surface area contributed by atoms with Gasteiger partial charge in [0.2, 0.25) is 0 Å². The molecule has 2 rings (SSSR count). The Bertz CT molecular complexity index is 330. The Morgan fingerprint density at radius 3 is 2.73 bits per heavy atom. The zero-order valence-corrected chi connectivity index (χ0v) is 9.58. The van der Waals surface area contributed by atoms with Crippen molar-refractivity contribution in [1.82, 2.24) is 10.3 Å². The van der Waals surface area contributed by atoms with Gasteiger partial charge >= 0.3 is 0 Å². The Balaban J connectivity index is 2.18. The molecule has 1 N–H and O–H groups in total. The van der Waals surface area contributed by atoms with Crippen molar-refractivity contribution in [2.45, 2.75) is 26.3 Å². The topological polar surface area (TPSA) is 28.2 Å². The number of aryl methyl sites for hydroxylation is 1. The molecule has 0 aromatic carbocycles. The third-order valence-corrected chi connectivity index (χ3v) is 2.89. The molecule has 0 saturated carbocycles. The van der Waals surface area contributed by atoms with Gasteiger partial charge in [0.05, 0.1) is 0 Å². The van der Waals surface area contributed by atoms with Crippen LogP contribution in [0.4, 0.5) is 5.82 Å². The van der Waals surface area contributed by atoms with Gasteiger partial charge in [-0.15, -0.1) is 0 Å². The SMILES string of the molecule is CNCc1cnc(N2CCCC2)c(C)c1. The van der Waals surface area contributed by atoms with E-state index in [1.807, 2.05) is 13.2 Å². The molecule has 0 bridgehead atoms. The number of rotatable bonds is 3. The van der Waals surface area contributed by atoms with Crippen molar-refractivity contribution in [2.24, 2.45) is 0 Å². The highest BCUT2D eigenvalue weighted by Crippen LogP contribution is 2.22. The predicted octanol–water partition coefficient (Wildman–Crippen LogP) is 1.71. The van der Waals surface area contributed by atoms with Gasteiger partial charge in [-0.2, -0.15) is 0 Å². The molecule has 0 radical (unpaired) electrons. The van der Waals surface area contributed by atoms with Crippen LogP contribution in [0.1, 0.15) is 24.0 Å². The van der Waals surface area contributed by atoms with E-state index in [4.69, 9.17) is 0 Å². The van der Waals surface area contributed by atoms with Crippen LogP contribution >= 0.6 is 0 Å². The third-order valence-electron chi connectivity index (χ3n) is 2.89. The standard InChI is InChI=1S/C12H19N3/c1-10-7-11(8-13-2)9-14-12(10)15-5-3-4-6-15/h7,9,13H,3-6,8H2,1-2H3. The van der Waals surface area contributed by atoms with E-state index in [2.05, 4.69) is 28.2 Å². The van der Waals surface area contributed by atoms with Gasteiger partial charge in [0, 0.05) is 25.8 Å². The zero-order valence-electron chi connectivity index (χ0n) is 9.58. The highest BCUT2D eigenvalue weighted by Gasteiger charge is 2.15. The lowest BCUT2D eigenvalue weighted by molar-refractivity contribution is 0.809. The summed E-state index contributed by atoms with van der Waals surface area (Å²) in [6.07, 6.45) is 4.59. The third kappa shape index (κ3) is 2.29. The fourth-order valence-electron chi connectivity index (χ4n) is 2.19. The summed E-state index contributed by atoms with van der Waals surface area (Å²) in [7, 11) is 1.96. The molecular formula is C12H19N3. The molecule has 0 spiro atoms. The summed E-state index contributed by atoms with van der Waals surface area (Å²) < 4.78 is 0. The molecule has 0 amide bonds. The van der Waals surface area contributed by atoms with E-state index in [0.717, 1.165) is 6.54 Å². The molecular weight excluding hydrogens is 186 g/mol. The molecule has 1 aromatic rings. The van der Waals surface area contributed by atoms with Gasteiger partial charge in [-0.3, -0.25) is 0 Å². The molecule has 1 aromatic heterocycles. The maximum absolute atomic E-state index is 4.56. The maximum atomic E-state index is 4.56. The molecule has 82 valence electrons. The van der Waals surface area contributed by atoms with Crippen LogP contribution in [0.3, 0.4) is 0 Å². The van der Waals surface area contributed by atoms with Gasteiger partial charge in [0.15, 0.2) is 0 Å². The van der Waals surface area contributed by atoms with Crippen molar-refractivity contribution in [3.05, 3.63) is 23.4 Å². The molecule has 1 saturated heterocycles. The first kappa shape index (κ1) is 10.4. The van der Waals surface area contributed by atoms with Crippen molar-refractivity contribution in [3.8, 4) is 0 Å². The molecule has 3 nitrogen and oxygen atoms in total. The first-order valence-corrected chi connectivity index (χ1v) is 5.66. The molecule has 1 fully saturated rings. The van der Waals surface area contributed by atoms with E-state index < -0.39 is 0 Å². The van der Waals surface area contributed by atoms with Gasteiger partial charge in [0.1, 0.15) is 5.82 Å². The van der Waals surface area contributed by atoms with Crippen LogP contribution < -0.4 is 10.2 Å². The second-order valence-electron chi connectivity index (χ2n) is 4.21. The van der Waals surface area contributed by atoms with Crippen molar-refractivity contribution in [1.29, 1.82) is 0 Å².